The summed E-state index contributed by atoms with van der Waals surface area (Å²) >= 11 is 0. The number of halogens is 2. The van der Waals surface area contributed by atoms with Crippen LogP contribution in [0.25, 0.3) is 0 Å². The van der Waals surface area contributed by atoms with Gasteiger partial charge in [0.1, 0.15) is 17.5 Å². The summed E-state index contributed by atoms with van der Waals surface area (Å²) in [5.74, 6) is -0.0173. The van der Waals surface area contributed by atoms with Crippen LogP contribution in [0.2, 0.25) is 0 Å². The zero-order valence-electron chi connectivity index (χ0n) is 14.5. The molecular weight excluding hydrogens is 340 g/mol. The number of carbonyl (C=O) groups excluding carboxylic acids is 1. The van der Waals surface area contributed by atoms with E-state index < -0.39 is 11.6 Å². The highest BCUT2D eigenvalue weighted by Crippen LogP contribution is 2.32. The lowest BCUT2D eigenvalue weighted by Crippen LogP contribution is -2.39. The van der Waals surface area contributed by atoms with E-state index in [9.17, 15) is 13.6 Å². The van der Waals surface area contributed by atoms with Crippen LogP contribution in [-0.4, -0.2) is 51.1 Å². The standard InChI is InChI=1S/C18H21F2N5O/c1-23-7-5-21-17(23)11-24-6-4-12-9-25(10-16(12)24)18(26)22-15-3-2-13(19)8-14(15)20/h2-3,5,7-8,12,16H,4,6,9-11H2,1H3,(H,22,26)/t12-,16+/m0/s1. The summed E-state index contributed by atoms with van der Waals surface area (Å²) in [5.41, 5.74) is -0.00155. The molecule has 3 heterocycles. The first-order valence-electron chi connectivity index (χ1n) is 8.72. The van der Waals surface area contributed by atoms with Gasteiger partial charge in [-0.2, -0.15) is 0 Å². The Hall–Kier alpha value is -2.48. The van der Waals surface area contributed by atoms with Crippen molar-refractivity contribution in [1.82, 2.24) is 19.4 Å². The van der Waals surface area contributed by atoms with Gasteiger partial charge < -0.3 is 14.8 Å². The van der Waals surface area contributed by atoms with E-state index >= 15 is 0 Å². The van der Waals surface area contributed by atoms with Crippen LogP contribution < -0.4 is 5.32 Å². The van der Waals surface area contributed by atoms with E-state index in [0.29, 0.717) is 19.0 Å². The lowest BCUT2D eigenvalue weighted by molar-refractivity contribution is 0.201. The molecule has 0 aliphatic carbocycles. The molecule has 0 spiro atoms. The second kappa shape index (κ2) is 6.68. The number of amides is 2. The summed E-state index contributed by atoms with van der Waals surface area (Å²) in [7, 11) is 1.97. The van der Waals surface area contributed by atoms with E-state index in [1.807, 2.05) is 17.8 Å². The summed E-state index contributed by atoms with van der Waals surface area (Å²) in [6.45, 7) is 3.00. The van der Waals surface area contributed by atoms with E-state index in [2.05, 4.69) is 15.2 Å². The van der Waals surface area contributed by atoms with E-state index in [1.54, 1.807) is 11.1 Å². The molecule has 0 bridgehead atoms. The van der Waals surface area contributed by atoms with Crippen molar-refractivity contribution in [3.05, 3.63) is 48.1 Å². The molecule has 1 aromatic carbocycles. The Morgan fingerprint density at radius 3 is 2.92 bits per heavy atom. The van der Waals surface area contributed by atoms with Gasteiger partial charge in [0.25, 0.3) is 0 Å². The zero-order chi connectivity index (χ0) is 18.3. The van der Waals surface area contributed by atoms with Crippen molar-refractivity contribution in [2.75, 3.05) is 25.0 Å². The summed E-state index contributed by atoms with van der Waals surface area (Å²) in [4.78, 5) is 20.9. The molecule has 0 radical (unpaired) electrons. The average Bonchev–Trinajstić information content (AvgIpc) is 3.28. The van der Waals surface area contributed by atoms with Crippen molar-refractivity contribution in [2.24, 2.45) is 13.0 Å². The summed E-state index contributed by atoms with van der Waals surface area (Å²) in [5, 5.41) is 2.55. The topological polar surface area (TPSA) is 53.4 Å². The predicted molar refractivity (Wildman–Crippen MR) is 92.5 cm³/mol. The molecule has 2 atom stereocenters. The number of urea groups is 1. The largest absolute Gasteiger partial charge is 0.337 e. The number of carbonyl (C=O) groups is 1. The van der Waals surface area contributed by atoms with E-state index in [0.717, 1.165) is 37.5 Å². The van der Waals surface area contributed by atoms with Crippen molar-refractivity contribution in [3.8, 4) is 0 Å². The van der Waals surface area contributed by atoms with Crippen LogP contribution in [0.4, 0.5) is 19.3 Å². The SMILES string of the molecule is Cn1ccnc1CN1CC[C@H]2CN(C(=O)Nc3ccc(F)cc3F)C[C@H]21. The Kier molecular flexibility index (Phi) is 4.36. The molecule has 0 unspecified atom stereocenters. The number of fused-ring (bicyclic) bond motifs is 1. The van der Waals surface area contributed by atoms with Crippen molar-refractivity contribution in [3.63, 3.8) is 0 Å². The van der Waals surface area contributed by atoms with Gasteiger partial charge in [0.15, 0.2) is 0 Å². The highest BCUT2D eigenvalue weighted by Gasteiger charge is 2.43. The number of anilines is 1. The molecular formula is C18H21F2N5O. The number of rotatable bonds is 3. The number of aryl methyl sites for hydroxylation is 1. The van der Waals surface area contributed by atoms with Gasteiger partial charge in [-0.1, -0.05) is 0 Å². The number of aromatic nitrogens is 2. The van der Waals surface area contributed by atoms with Gasteiger partial charge in [0.2, 0.25) is 0 Å². The molecule has 2 aliphatic rings. The molecule has 0 saturated carbocycles. The minimum Gasteiger partial charge on any atom is -0.337 e. The smallest absolute Gasteiger partial charge is 0.321 e. The van der Waals surface area contributed by atoms with Crippen molar-refractivity contribution in [2.45, 2.75) is 19.0 Å². The summed E-state index contributed by atoms with van der Waals surface area (Å²) < 4.78 is 28.7. The molecule has 1 aromatic heterocycles. The molecule has 26 heavy (non-hydrogen) atoms. The molecule has 6 nitrogen and oxygen atoms in total. The van der Waals surface area contributed by atoms with Crippen LogP contribution in [0.3, 0.4) is 0 Å². The third-order valence-electron chi connectivity index (χ3n) is 5.39. The molecule has 2 aromatic rings. The fourth-order valence-corrected chi connectivity index (χ4v) is 3.93. The van der Waals surface area contributed by atoms with Crippen molar-refractivity contribution < 1.29 is 13.6 Å². The van der Waals surface area contributed by atoms with E-state index in [4.69, 9.17) is 0 Å². The highest BCUT2D eigenvalue weighted by molar-refractivity contribution is 5.89. The maximum atomic E-state index is 13.7. The quantitative estimate of drug-likeness (QED) is 0.914. The fourth-order valence-electron chi connectivity index (χ4n) is 3.93. The molecule has 1 N–H and O–H groups in total. The minimum atomic E-state index is -0.769. The van der Waals surface area contributed by atoms with Gasteiger partial charge in [0, 0.05) is 44.6 Å². The van der Waals surface area contributed by atoms with Crippen LogP contribution in [0.15, 0.2) is 30.6 Å². The molecule has 2 aliphatic heterocycles. The Bertz CT molecular complexity index is 824. The molecule has 2 amide bonds. The maximum Gasteiger partial charge on any atom is 0.321 e. The Labute approximate surface area is 150 Å². The lowest BCUT2D eigenvalue weighted by atomic mass is 10.1. The van der Waals surface area contributed by atoms with Gasteiger partial charge in [-0.25, -0.2) is 18.6 Å². The number of hydrogen-bond donors (Lipinski definition) is 1. The van der Waals surface area contributed by atoms with Gasteiger partial charge in [-0.15, -0.1) is 0 Å². The minimum absolute atomic E-state index is 0.00155. The Morgan fingerprint density at radius 2 is 2.19 bits per heavy atom. The lowest BCUT2D eigenvalue weighted by Gasteiger charge is -2.24. The normalized spacial score (nSPS) is 22.7. The predicted octanol–water partition coefficient (Wildman–Crippen LogP) is 2.44. The third kappa shape index (κ3) is 3.16. The molecule has 2 saturated heterocycles. The van der Waals surface area contributed by atoms with Gasteiger partial charge >= 0.3 is 6.03 Å². The highest BCUT2D eigenvalue weighted by atomic mass is 19.1. The van der Waals surface area contributed by atoms with Crippen LogP contribution in [0.5, 0.6) is 0 Å². The molecule has 138 valence electrons. The maximum absolute atomic E-state index is 13.7. The molecule has 4 rings (SSSR count). The summed E-state index contributed by atoms with van der Waals surface area (Å²) in [6, 6.07) is 3.08. The van der Waals surface area contributed by atoms with Crippen molar-refractivity contribution in [1.29, 1.82) is 0 Å². The van der Waals surface area contributed by atoms with Crippen LogP contribution >= 0.6 is 0 Å². The van der Waals surface area contributed by atoms with E-state index in [1.165, 1.54) is 6.07 Å². The second-order valence-electron chi connectivity index (χ2n) is 7.00. The van der Waals surface area contributed by atoms with E-state index in [-0.39, 0.29) is 17.8 Å². The van der Waals surface area contributed by atoms with Crippen LogP contribution in [0.1, 0.15) is 12.2 Å². The number of hydrogen-bond acceptors (Lipinski definition) is 3. The van der Waals surface area contributed by atoms with Gasteiger partial charge in [-0.3, -0.25) is 4.90 Å². The first-order valence-corrected chi connectivity index (χ1v) is 8.72. The average molecular weight is 361 g/mol. The number of imidazole rings is 1. The third-order valence-corrected chi connectivity index (χ3v) is 5.39. The number of likely N-dealkylation sites (tertiary alicyclic amines) is 2. The van der Waals surface area contributed by atoms with Crippen LogP contribution in [-0.2, 0) is 13.6 Å². The Morgan fingerprint density at radius 1 is 1.35 bits per heavy atom. The first kappa shape index (κ1) is 17.0. The number of nitrogens with one attached hydrogen (secondary N) is 1. The zero-order valence-corrected chi connectivity index (χ0v) is 14.5. The number of nitrogens with zero attached hydrogens (tertiary/aromatic N) is 4. The van der Waals surface area contributed by atoms with Gasteiger partial charge in [0.05, 0.1) is 12.2 Å². The monoisotopic (exact) mass is 361 g/mol. The first-order chi connectivity index (χ1) is 12.5. The van der Waals surface area contributed by atoms with Crippen LogP contribution in [0, 0.1) is 17.6 Å². The Balaban J connectivity index is 1.40. The van der Waals surface area contributed by atoms with Crippen molar-refractivity contribution >= 4 is 11.7 Å². The van der Waals surface area contributed by atoms with Gasteiger partial charge in [-0.05, 0) is 31.0 Å². The molecule has 2 fully saturated rings. The summed E-state index contributed by atoms with van der Waals surface area (Å²) in [6.07, 6.45) is 4.74. The fraction of sp³-hybridized carbons (Fsp3) is 0.444. The molecule has 8 heteroatoms. The number of benzene rings is 1. The second-order valence-corrected chi connectivity index (χ2v) is 7.00.